The van der Waals surface area contributed by atoms with Crippen molar-refractivity contribution in [2.45, 2.75) is 43.5 Å². The summed E-state index contributed by atoms with van der Waals surface area (Å²) in [4.78, 5) is 36.6. The van der Waals surface area contributed by atoms with E-state index in [0.717, 1.165) is 0 Å². The average Bonchev–Trinajstić information content (AvgIpc) is 2.85. The Morgan fingerprint density at radius 3 is 2.26 bits per heavy atom. The molecular formula is C24H27N3O6S. The number of ketones is 1. The Kier molecular flexibility index (Phi) is 10.4. The van der Waals surface area contributed by atoms with E-state index < -0.39 is 22.0 Å². The molecule has 0 aliphatic rings. The summed E-state index contributed by atoms with van der Waals surface area (Å²) >= 11 is 0. The number of carbonyl (C=O) groups is 3. The van der Waals surface area contributed by atoms with E-state index in [1.165, 1.54) is 12.1 Å². The molecule has 2 N–H and O–H groups in total. The molecule has 0 unspecified atom stereocenters. The van der Waals surface area contributed by atoms with E-state index in [1.54, 1.807) is 49.4 Å². The summed E-state index contributed by atoms with van der Waals surface area (Å²) in [6.07, 6.45) is 1.28. The standard InChI is InChI=1S/C24H27N3O6S/c1-2-33-24(30)21(27-34(31,32)20-8-4-3-5-9-20)17-26-23(29)11-7-6-10-22(28)19-14-12-18(16-25)13-15-19/h3-5,8-9,12-15,21,27H,2,6-7,10-11,17H2,1H3,(H,26,29)/t21-/m0/s1. The van der Waals surface area contributed by atoms with Gasteiger partial charge in [0.25, 0.3) is 0 Å². The molecule has 34 heavy (non-hydrogen) atoms. The highest BCUT2D eigenvalue weighted by atomic mass is 32.2. The lowest BCUT2D eigenvalue weighted by Gasteiger charge is -2.18. The first-order chi connectivity index (χ1) is 16.3. The molecule has 0 aliphatic heterocycles. The van der Waals surface area contributed by atoms with Crippen molar-refractivity contribution >= 4 is 27.7 Å². The minimum Gasteiger partial charge on any atom is -0.465 e. The topological polar surface area (TPSA) is 142 Å². The maximum atomic E-state index is 12.5. The van der Waals surface area contributed by atoms with Crippen LogP contribution in [-0.2, 0) is 24.3 Å². The minimum atomic E-state index is -3.99. The molecule has 10 heteroatoms. The highest BCUT2D eigenvalue weighted by Gasteiger charge is 2.27. The molecule has 0 fully saturated rings. The fraction of sp³-hybridized carbons (Fsp3) is 0.333. The Bertz CT molecular complexity index is 1130. The summed E-state index contributed by atoms with van der Waals surface area (Å²) in [5.41, 5.74) is 0.979. The quantitative estimate of drug-likeness (QED) is 0.252. The molecule has 2 aromatic rings. The normalized spacial score (nSPS) is 11.8. The minimum absolute atomic E-state index is 0.0115. The van der Waals surface area contributed by atoms with Gasteiger partial charge < -0.3 is 10.1 Å². The van der Waals surface area contributed by atoms with E-state index in [4.69, 9.17) is 10.00 Å². The van der Waals surface area contributed by atoms with Gasteiger partial charge in [-0.1, -0.05) is 30.3 Å². The van der Waals surface area contributed by atoms with Gasteiger partial charge in [0.15, 0.2) is 5.78 Å². The summed E-state index contributed by atoms with van der Waals surface area (Å²) in [5.74, 6) is -1.25. The monoisotopic (exact) mass is 485 g/mol. The van der Waals surface area contributed by atoms with Crippen LogP contribution in [-0.4, -0.2) is 45.3 Å². The maximum Gasteiger partial charge on any atom is 0.326 e. The van der Waals surface area contributed by atoms with Crippen molar-refractivity contribution in [2.24, 2.45) is 0 Å². The Labute approximate surface area is 199 Å². The number of nitriles is 1. The number of ether oxygens (including phenoxy) is 1. The van der Waals surface area contributed by atoms with Crippen LogP contribution in [0.15, 0.2) is 59.5 Å². The van der Waals surface area contributed by atoms with Crippen LogP contribution in [0.25, 0.3) is 0 Å². The van der Waals surface area contributed by atoms with Crippen molar-refractivity contribution in [1.82, 2.24) is 10.0 Å². The number of benzene rings is 2. The second-order valence-electron chi connectivity index (χ2n) is 7.36. The number of amides is 1. The predicted molar refractivity (Wildman–Crippen MR) is 124 cm³/mol. The molecule has 1 atom stereocenters. The molecule has 0 aromatic heterocycles. The number of hydrogen-bond donors (Lipinski definition) is 2. The third-order valence-electron chi connectivity index (χ3n) is 4.82. The zero-order valence-electron chi connectivity index (χ0n) is 18.8. The predicted octanol–water partition coefficient (Wildman–Crippen LogP) is 2.33. The molecule has 0 saturated carbocycles. The molecule has 180 valence electrons. The highest BCUT2D eigenvalue weighted by molar-refractivity contribution is 7.89. The van der Waals surface area contributed by atoms with Crippen molar-refractivity contribution in [2.75, 3.05) is 13.2 Å². The number of esters is 1. The van der Waals surface area contributed by atoms with Gasteiger partial charge in [-0.2, -0.15) is 9.98 Å². The SMILES string of the molecule is CCOC(=O)[C@H](CNC(=O)CCCCC(=O)c1ccc(C#N)cc1)NS(=O)(=O)c1ccccc1. The van der Waals surface area contributed by atoms with Crippen molar-refractivity contribution in [3.05, 3.63) is 65.7 Å². The van der Waals surface area contributed by atoms with Gasteiger partial charge in [0.2, 0.25) is 15.9 Å². The highest BCUT2D eigenvalue weighted by Crippen LogP contribution is 2.11. The molecule has 0 heterocycles. The second-order valence-corrected chi connectivity index (χ2v) is 9.08. The van der Waals surface area contributed by atoms with E-state index in [9.17, 15) is 22.8 Å². The lowest BCUT2D eigenvalue weighted by Crippen LogP contribution is -2.49. The molecule has 2 aromatic carbocycles. The molecular weight excluding hydrogens is 458 g/mol. The number of nitrogens with one attached hydrogen (secondary N) is 2. The van der Waals surface area contributed by atoms with E-state index in [-0.39, 0.29) is 42.6 Å². The zero-order valence-corrected chi connectivity index (χ0v) is 19.6. The fourth-order valence-electron chi connectivity index (χ4n) is 3.02. The third-order valence-corrected chi connectivity index (χ3v) is 6.31. The summed E-state index contributed by atoms with van der Waals surface area (Å²) in [6, 6.07) is 14.6. The third kappa shape index (κ3) is 8.42. The molecule has 0 aliphatic carbocycles. The van der Waals surface area contributed by atoms with Crippen molar-refractivity contribution < 1.29 is 27.5 Å². The van der Waals surface area contributed by atoms with Crippen LogP contribution >= 0.6 is 0 Å². The van der Waals surface area contributed by atoms with Crippen molar-refractivity contribution in [3.63, 3.8) is 0 Å². The number of rotatable bonds is 13. The number of unbranched alkanes of at least 4 members (excludes halogenated alkanes) is 1. The van der Waals surface area contributed by atoms with Gasteiger partial charge in [-0.15, -0.1) is 0 Å². The number of carbonyl (C=O) groups excluding carboxylic acids is 3. The molecule has 2 rings (SSSR count). The van der Waals surface area contributed by atoms with Crippen LogP contribution in [0.2, 0.25) is 0 Å². The largest absolute Gasteiger partial charge is 0.465 e. The Morgan fingerprint density at radius 1 is 1.00 bits per heavy atom. The number of sulfonamides is 1. The van der Waals surface area contributed by atoms with E-state index in [1.807, 2.05) is 6.07 Å². The number of hydrogen-bond acceptors (Lipinski definition) is 7. The lowest BCUT2D eigenvalue weighted by atomic mass is 10.0. The second kappa shape index (κ2) is 13.2. The van der Waals surface area contributed by atoms with Gasteiger partial charge >= 0.3 is 5.97 Å². The molecule has 1 amide bonds. The Morgan fingerprint density at radius 2 is 1.65 bits per heavy atom. The average molecular weight is 486 g/mol. The Hall–Kier alpha value is -3.55. The van der Waals surface area contributed by atoms with Crippen LogP contribution < -0.4 is 10.0 Å². The number of nitrogens with zero attached hydrogens (tertiary/aromatic N) is 1. The van der Waals surface area contributed by atoms with Crippen LogP contribution in [0.4, 0.5) is 0 Å². The van der Waals surface area contributed by atoms with Gasteiger partial charge in [-0.05, 0) is 44.0 Å². The zero-order chi connectivity index (χ0) is 25.0. The summed E-state index contributed by atoms with van der Waals surface area (Å²) < 4.78 is 32.3. The van der Waals surface area contributed by atoms with Gasteiger partial charge in [0.05, 0.1) is 23.1 Å². The fourth-order valence-corrected chi connectivity index (χ4v) is 4.23. The van der Waals surface area contributed by atoms with Gasteiger partial charge in [-0.3, -0.25) is 14.4 Å². The first-order valence-electron chi connectivity index (χ1n) is 10.8. The molecule has 0 radical (unpaired) electrons. The van der Waals surface area contributed by atoms with E-state index >= 15 is 0 Å². The van der Waals surface area contributed by atoms with E-state index in [0.29, 0.717) is 24.0 Å². The summed E-state index contributed by atoms with van der Waals surface area (Å²) in [7, 11) is -3.99. The van der Waals surface area contributed by atoms with Crippen LogP contribution in [0.1, 0.15) is 48.5 Å². The van der Waals surface area contributed by atoms with Gasteiger partial charge in [0.1, 0.15) is 6.04 Å². The smallest absolute Gasteiger partial charge is 0.326 e. The summed E-state index contributed by atoms with van der Waals surface area (Å²) in [6.45, 7) is 1.38. The maximum absolute atomic E-state index is 12.5. The van der Waals surface area contributed by atoms with Crippen molar-refractivity contribution in [3.8, 4) is 6.07 Å². The van der Waals surface area contributed by atoms with Crippen molar-refractivity contribution in [1.29, 1.82) is 5.26 Å². The van der Waals surface area contributed by atoms with Gasteiger partial charge in [-0.25, -0.2) is 8.42 Å². The molecule has 0 spiro atoms. The number of Topliss-reactive ketones (excluding diaryl/α,β-unsaturated/α-hetero) is 1. The van der Waals surface area contributed by atoms with Gasteiger partial charge in [0, 0.05) is 24.9 Å². The molecule has 0 bridgehead atoms. The summed E-state index contributed by atoms with van der Waals surface area (Å²) in [5, 5.41) is 11.3. The lowest BCUT2D eigenvalue weighted by molar-refractivity contribution is -0.145. The van der Waals surface area contributed by atoms with E-state index in [2.05, 4.69) is 10.0 Å². The first kappa shape index (κ1) is 26.7. The van der Waals surface area contributed by atoms with Crippen LogP contribution in [0.3, 0.4) is 0 Å². The Balaban J connectivity index is 1.82. The van der Waals surface area contributed by atoms with Crippen LogP contribution in [0.5, 0.6) is 0 Å². The molecule has 0 saturated heterocycles. The van der Waals surface area contributed by atoms with Crippen LogP contribution in [0, 0.1) is 11.3 Å². The molecule has 9 nitrogen and oxygen atoms in total. The first-order valence-corrected chi connectivity index (χ1v) is 12.3.